The first-order chi connectivity index (χ1) is 10.1. The number of carboxylic acids is 1. The SMILES string of the molecule is CCN(CC)CCOc1cc(C=CC(=O)O)ccc1OC. The van der Waals surface area contributed by atoms with Crippen LogP contribution in [0.4, 0.5) is 0 Å². The van der Waals surface area contributed by atoms with Crippen molar-refractivity contribution in [1.82, 2.24) is 4.90 Å². The van der Waals surface area contributed by atoms with Crippen molar-refractivity contribution in [1.29, 1.82) is 0 Å². The van der Waals surface area contributed by atoms with Crippen LogP contribution in [0.25, 0.3) is 6.08 Å². The van der Waals surface area contributed by atoms with Crippen molar-refractivity contribution in [2.75, 3.05) is 33.4 Å². The van der Waals surface area contributed by atoms with Gasteiger partial charge in [-0.15, -0.1) is 0 Å². The van der Waals surface area contributed by atoms with Gasteiger partial charge in [0.15, 0.2) is 11.5 Å². The first kappa shape index (κ1) is 17.0. The van der Waals surface area contributed by atoms with Crippen molar-refractivity contribution in [3.63, 3.8) is 0 Å². The van der Waals surface area contributed by atoms with Gasteiger partial charge in [0, 0.05) is 12.6 Å². The van der Waals surface area contributed by atoms with Gasteiger partial charge in [-0.1, -0.05) is 19.9 Å². The maximum Gasteiger partial charge on any atom is 0.328 e. The fraction of sp³-hybridized carbons (Fsp3) is 0.438. The third-order valence-corrected chi connectivity index (χ3v) is 3.17. The normalized spacial score (nSPS) is 11.0. The fourth-order valence-electron chi connectivity index (χ4n) is 1.90. The van der Waals surface area contributed by atoms with Crippen molar-refractivity contribution in [2.45, 2.75) is 13.8 Å². The van der Waals surface area contributed by atoms with Gasteiger partial charge in [-0.2, -0.15) is 0 Å². The minimum absolute atomic E-state index is 0.560. The Balaban J connectivity index is 2.74. The number of carbonyl (C=O) groups is 1. The molecule has 1 N–H and O–H groups in total. The van der Waals surface area contributed by atoms with E-state index in [0.717, 1.165) is 31.3 Å². The predicted octanol–water partition coefficient (Wildman–Crippen LogP) is 2.51. The van der Waals surface area contributed by atoms with Crippen LogP contribution in [0.1, 0.15) is 19.4 Å². The van der Waals surface area contributed by atoms with Gasteiger partial charge in [0.1, 0.15) is 6.61 Å². The highest BCUT2D eigenvalue weighted by Gasteiger charge is 2.06. The quantitative estimate of drug-likeness (QED) is 0.709. The average Bonchev–Trinajstić information content (AvgIpc) is 2.49. The minimum Gasteiger partial charge on any atom is -0.493 e. The van der Waals surface area contributed by atoms with Gasteiger partial charge in [0.25, 0.3) is 0 Å². The molecule has 0 saturated carbocycles. The molecule has 0 aliphatic heterocycles. The number of rotatable bonds is 9. The van der Waals surface area contributed by atoms with Crippen molar-refractivity contribution in [2.24, 2.45) is 0 Å². The zero-order chi connectivity index (χ0) is 15.7. The third-order valence-electron chi connectivity index (χ3n) is 3.17. The average molecular weight is 293 g/mol. The summed E-state index contributed by atoms with van der Waals surface area (Å²) in [6, 6.07) is 5.34. The molecule has 0 spiro atoms. The van der Waals surface area contributed by atoms with E-state index in [-0.39, 0.29) is 0 Å². The van der Waals surface area contributed by atoms with Gasteiger partial charge in [0.2, 0.25) is 0 Å². The van der Waals surface area contributed by atoms with Crippen LogP contribution < -0.4 is 9.47 Å². The molecule has 0 radical (unpaired) electrons. The summed E-state index contributed by atoms with van der Waals surface area (Å²) in [5.41, 5.74) is 0.760. The molecule has 0 saturated heterocycles. The molecule has 21 heavy (non-hydrogen) atoms. The molecule has 5 heteroatoms. The second-order valence-electron chi connectivity index (χ2n) is 4.46. The second kappa shape index (κ2) is 9.02. The van der Waals surface area contributed by atoms with Crippen molar-refractivity contribution >= 4 is 12.0 Å². The molecule has 1 aromatic rings. The first-order valence-electron chi connectivity index (χ1n) is 7.04. The maximum atomic E-state index is 10.5. The number of nitrogens with zero attached hydrogens (tertiary/aromatic N) is 1. The van der Waals surface area contributed by atoms with Crippen LogP contribution in [0, 0.1) is 0 Å². The summed E-state index contributed by atoms with van der Waals surface area (Å²) in [7, 11) is 1.58. The molecule has 0 aliphatic carbocycles. The van der Waals surface area contributed by atoms with E-state index < -0.39 is 5.97 Å². The molecule has 0 amide bonds. The maximum absolute atomic E-state index is 10.5. The molecular weight excluding hydrogens is 270 g/mol. The van der Waals surface area contributed by atoms with E-state index >= 15 is 0 Å². The number of likely N-dealkylation sites (N-methyl/N-ethyl adjacent to an activating group) is 1. The number of benzene rings is 1. The van der Waals surface area contributed by atoms with E-state index in [9.17, 15) is 4.79 Å². The van der Waals surface area contributed by atoms with Gasteiger partial charge in [-0.25, -0.2) is 4.79 Å². The molecular formula is C16H23NO4. The van der Waals surface area contributed by atoms with E-state index in [4.69, 9.17) is 14.6 Å². The Morgan fingerprint density at radius 3 is 2.57 bits per heavy atom. The van der Waals surface area contributed by atoms with Crippen LogP contribution in [-0.4, -0.2) is 49.3 Å². The van der Waals surface area contributed by atoms with Crippen molar-refractivity contribution < 1.29 is 19.4 Å². The highest BCUT2D eigenvalue weighted by atomic mass is 16.5. The fourth-order valence-corrected chi connectivity index (χ4v) is 1.90. The summed E-state index contributed by atoms with van der Waals surface area (Å²) in [4.78, 5) is 12.8. The van der Waals surface area contributed by atoms with Gasteiger partial charge in [0.05, 0.1) is 7.11 Å². The number of methoxy groups -OCH3 is 1. The van der Waals surface area contributed by atoms with Crippen LogP contribution in [0.15, 0.2) is 24.3 Å². The van der Waals surface area contributed by atoms with Gasteiger partial charge in [-0.05, 0) is 36.9 Å². The Morgan fingerprint density at radius 1 is 1.29 bits per heavy atom. The highest BCUT2D eigenvalue weighted by molar-refractivity contribution is 5.85. The summed E-state index contributed by atoms with van der Waals surface area (Å²) in [6.45, 7) is 7.59. The zero-order valence-electron chi connectivity index (χ0n) is 12.8. The lowest BCUT2D eigenvalue weighted by Crippen LogP contribution is -2.27. The Bertz CT molecular complexity index is 481. The molecule has 0 fully saturated rings. The van der Waals surface area contributed by atoms with Gasteiger partial charge in [-0.3, -0.25) is 0 Å². The summed E-state index contributed by atoms with van der Waals surface area (Å²) in [5.74, 6) is 0.286. The molecule has 0 aliphatic rings. The van der Waals surface area contributed by atoms with Crippen molar-refractivity contribution in [3.8, 4) is 11.5 Å². The molecule has 0 atom stereocenters. The molecule has 116 valence electrons. The molecule has 0 heterocycles. The zero-order valence-corrected chi connectivity index (χ0v) is 12.8. The third kappa shape index (κ3) is 5.87. The van der Waals surface area contributed by atoms with E-state index in [0.29, 0.717) is 18.1 Å². The molecule has 1 aromatic carbocycles. The number of aliphatic carboxylic acids is 1. The lowest BCUT2D eigenvalue weighted by molar-refractivity contribution is -0.131. The Morgan fingerprint density at radius 2 is 2.00 bits per heavy atom. The highest BCUT2D eigenvalue weighted by Crippen LogP contribution is 2.28. The van der Waals surface area contributed by atoms with Gasteiger partial charge < -0.3 is 19.5 Å². The van der Waals surface area contributed by atoms with Crippen LogP contribution in [-0.2, 0) is 4.79 Å². The molecule has 1 rings (SSSR count). The smallest absolute Gasteiger partial charge is 0.328 e. The first-order valence-corrected chi connectivity index (χ1v) is 7.04. The predicted molar refractivity (Wildman–Crippen MR) is 82.9 cm³/mol. The standard InChI is InChI=1S/C16H23NO4/c1-4-17(5-2)10-11-21-15-12-13(7-9-16(18)19)6-8-14(15)20-3/h6-9,12H,4-5,10-11H2,1-3H3,(H,18,19). The topological polar surface area (TPSA) is 59.0 Å². The summed E-state index contributed by atoms with van der Waals surface area (Å²) in [5, 5.41) is 8.65. The molecule has 0 bridgehead atoms. The monoisotopic (exact) mass is 293 g/mol. The number of ether oxygens (including phenoxy) is 2. The van der Waals surface area contributed by atoms with Crippen molar-refractivity contribution in [3.05, 3.63) is 29.8 Å². The Labute approximate surface area is 125 Å². The molecule has 0 unspecified atom stereocenters. The van der Waals surface area contributed by atoms with E-state index in [2.05, 4.69) is 18.7 Å². The summed E-state index contributed by atoms with van der Waals surface area (Å²) >= 11 is 0. The molecule has 0 aromatic heterocycles. The van der Waals surface area contributed by atoms with E-state index in [1.807, 2.05) is 0 Å². The minimum atomic E-state index is -0.977. The van der Waals surface area contributed by atoms with Crippen LogP contribution >= 0.6 is 0 Å². The van der Waals surface area contributed by atoms with Crippen LogP contribution in [0.5, 0.6) is 11.5 Å². The lowest BCUT2D eigenvalue weighted by Gasteiger charge is -2.18. The Kier molecular flexibility index (Phi) is 7.32. The largest absolute Gasteiger partial charge is 0.493 e. The Hall–Kier alpha value is -2.01. The van der Waals surface area contributed by atoms with E-state index in [1.165, 1.54) is 6.08 Å². The summed E-state index contributed by atoms with van der Waals surface area (Å²) < 4.78 is 11.0. The summed E-state index contributed by atoms with van der Waals surface area (Å²) in [6.07, 6.45) is 2.63. The van der Waals surface area contributed by atoms with Gasteiger partial charge >= 0.3 is 5.97 Å². The van der Waals surface area contributed by atoms with Crippen LogP contribution in [0.3, 0.4) is 0 Å². The second-order valence-corrected chi connectivity index (χ2v) is 4.46. The lowest BCUT2D eigenvalue weighted by atomic mass is 10.2. The molecule has 5 nitrogen and oxygen atoms in total. The number of carboxylic acid groups (broad SMARTS) is 1. The van der Waals surface area contributed by atoms with Crippen LogP contribution in [0.2, 0.25) is 0 Å². The number of hydrogen-bond donors (Lipinski definition) is 1. The number of hydrogen-bond acceptors (Lipinski definition) is 4. The van der Waals surface area contributed by atoms with E-state index in [1.54, 1.807) is 25.3 Å².